The molecule has 0 aromatic carbocycles. The second-order valence-electron chi connectivity index (χ2n) is 14.5. The molecule has 0 heterocycles. The average Bonchev–Trinajstić information content (AvgIpc) is 3.13. The predicted molar refractivity (Wildman–Crippen MR) is 136 cm³/mol. The maximum absolute atomic E-state index is 12.8. The van der Waals surface area contributed by atoms with E-state index in [0.717, 1.165) is 37.5 Å². The zero-order valence-corrected chi connectivity index (χ0v) is 22.4. The Morgan fingerprint density at radius 3 is 2.27 bits per heavy atom. The lowest BCUT2D eigenvalue weighted by atomic mass is 9.32. The first-order valence-corrected chi connectivity index (χ1v) is 13.8. The first-order chi connectivity index (χ1) is 15.3. The molecule has 184 valence electrons. The molecule has 0 spiro atoms. The number of carboxylic acid groups (broad SMARTS) is 1. The molecule has 9 atom stereocenters. The second kappa shape index (κ2) is 7.01. The lowest BCUT2D eigenvalue weighted by molar-refractivity contribution is -0.229. The summed E-state index contributed by atoms with van der Waals surface area (Å²) in [6.07, 6.45) is 12.8. The van der Waals surface area contributed by atoms with Crippen LogP contribution in [-0.2, 0) is 4.79 Å². The fraction of sp³-hybridized carbons (Fsp3) is 0.839. The Bertz CT molecular complexity index is 912. The molecule has 0 amide bonds. The molecule has 5 aliphatic rings. The average molecular weight is 453 g/mol. The van der Waals surface area contributed by atoms with Crippen LogP contribution in [0.3, 0.4) is 0 Å². The van der Waals surface area contributed by atoms with Gasteiger partial charge in [0.25, 0.3) is 0 Å². The molecule has 1 N–H and O–H groups in total. The molecule has 33 heavy (non-hydrogen) atoms. The first-order valence-electron chi connectivity index (χ1n) is 13.8. The zero-order valence-electron chi connectivity index (χ0n) is 22.4. The van der Waals surface area contributed by atoms with E-state index in [4.69, 9.17) is 0 Å². The van der Waals surface area contributed by atoms with Crippen molar-refractivity contribution in [2.75, 3.05) is 0 Å². The third-order valence-corrected chi connectivity index (χ3v) is 13.5. The first kappa shape index (κ1) is 23.7. The highest BCUT2D eigenvalue weighted by atomic mass is 16.4. The number of hydrogen-bond donors (Lipinski definition) is 1. The van der Waals surface area contributed by atoms with Crippen molar-refractivity contribution in [2.45, 2.75) is 106 Å². The number of rotatable bonds is 2. The lowest BCUT2D eigenvalue weighted by Crippen LogP contribution is -2.65. The molecule has 0 bridgehead atoms. The topological polar surface area (TPSA) is 37.3 Å². The second-order valence-corrected chi connectivity index (χ2v) is 14.5. The molecule has 2 heteroatoms. The predicted octanol–water partition coefficient (Wildman–Crippen LogP) is 8.28. The van der Waals surface area contributed by atoms with Crippen LogP contribution in [0.4, 0.5) is 0 Å². The van der Waals surface area contributed by atoms with E-state index >= 15 is 0 Å². The van der Waals surface area contributed by atoms with E-state index in [0.29, 0.717) is 22.7 Å². The largest absolute Gasteiger partial charge is 0.481 e. The normalized spacial score (nSPS) is 52.6. The van der Waals surface area contributed by atoms with Gasteiger partial charge >= 0.3 is 5.97 Å². The summed E-state index contributed by atoms with van der Waals surface area (Å²) >= 11 is 0. The highest BCUT2D eigenvalue weighted by Gasteiger charge is 2.71. The van der Waals surface area contributed by atoms with Gasteiger partial charge in [0.05, 0.1) is 5.41 Å². The summed E-state index contributed by atoms with van der Waals surface area (Å²) in [6.45, 7) is 21.7. The molecule has 5 aliphatic carbocycles. The third kappa shape index (κ3) is 2.70. The quantitative estimate of drug-likeness (QED) is 0.428. The van der Waals surface area contributed by atoms with Crippen LogP contribution in [0.1, 0.15) is 106 Å². The molecular formula is C31H48O2. The van der Waals surface area contributed by atoms with Crippen molar-refractivity contribution < 1.29 is 9.90 Å². The van der Waals surface area contributed by atoms with Crippen LogP contribution in [0, 0.1) is 56.7 Å². The summed E-state index contributed by atoms with van der Waals surface area (Å²) in [5, 5.41) is 10.5. The number of carboxylic acids is 1. The van der Waals surface area contributed by atoms with Gasteiger partial charge in [-0.05, 0) is 123 Å². The molecule has 4 fully saturated rings. The van der Waals surface area contributed by atoms with Crippen LogP contribution < -0.4 is 0 Å². The Morgan fingerprint density at radius 2 is 1.64 bits per heavy atom. The van der Waals surface area contributed by atoms with Gasteiger partial charge in [0.15, 0.2) is 0 Å². The van der Waals surface area contributed by atoms with Gasteiger partial charge < -0.3 is 5.11 Å². The van der Waals surface area contributed by atoms with Crippen LogP contribution in [0.25, 0.3) is 0 Å². The van der Waals surface area contributed by atoms with Crippen LogP contribution in [0.15, 0.2) is 23.8 Å². The van der Waals surface area contributed by atoms with Crippen molar-refractivity contribution in [3.05, 3.63) is 23.8 Å². The van der Waals surface area contributed by atoms with E-state index < -0.39 is 11.4 Å². The number of allylic oxidation sites excluding steroid dienone is 3. The van der Waals surface area contributed by atoms with Crippen molar-refractivity contribution in [2.24, 2.45) is 56.7 Å². The standard InChI is InChI=1S/C31H48O2/c1-19(2)21-12-16-31(26(32)33)18-17-29(7)22(25(21)31)9-10-24-28(6)14-11-20(3)27(4,5)23(28)13-15-30(24,29)8/h11,21-25H,1,9-10,12-18H2,2-8H3,(H,32,33)/t21-,22+,23-,24+,25+,28-,29+,30+,31-/m0/s1. The Balaban J connectivity index is 1.58. The van der Waals surface area contributed by atoms with Gasteiger partial charge in [0.2, 0.25) is 0 Å². The molecule has 0 radical (unpaired) electrons. The van der Waals surface area contributed by atoms with Crippen molar-refractivity contribution in [3.63, 3.8) is 0 Å². The maximum Gasteiger partial charge on any atom is 0.309 e. The smallest absolute Gasteiger partial charge is 0.309 e. The Kier molecular flexibility index (Phi) is 5.03. The molecule has 0 unspecified atom stereocenters. The van der Waals surface area contributed by atoms with Gasteiger partial charge in [0, 0.05) is 0 Å². The fourth-order valence-corrected chi connectivity index (χ4v) is 11.3. The van der Waals surface area contributed by atoms with Crippen molar-refractivity contribution in [1.29, 1.82) is 0 Å². The highest BCUT2D eigenvalue weighted by Crippen LogP contribution is 2.77. The Labute approximate surface area is 202 Å². The van der Waals surface area contributed by atoms with Crippen molar-refractivity contribution in [3.8, 4) is 0 Å². The van der Waals surface area contributed by atoms with E-state index in [1.54, 1.807) is 5.57 Å². The summed E-state index contributed by atoms with van der Waals surface area (Å²) in [5.41, 5.74) is 3.47. The zero-order chi connectivity index (χ0) is 24.2. The van der Waals surface area contributed by atoms with E-state index in [1.165, 1.54) is 37.7 Å². The third-order valence-electron chi connectivity index (χ3n) is 13.5. The summed E-state index contributed by atoms with van der Waals surface area (Å²) in [7, 11) is 0. The summed E-state index contributed by atoms with van der Waals surface area (Å²) in [6, 6.07) is 0. The summed E-state index contributed by atoms with van der Waals surface area (Å²) in [4.78, 5) is 12.8. The van der Waals surface area contributed by atoms with Crippen LogP contribution in [0.2, 0.25) is 0 Å². The van der Waals surface area contributed by atoms with E-state index in [2.05, 4.69) is 61.1 Å². The van der Waals surface area contributed by atoms with E-state index in [9.17, 15) is 9.90 Å². The minimum atomic E-state index is -0.518. The van der Waals surface area contributed by atoms with Crippen LogP contribution >= 0.6 is 0 Å². The lowest BCUT2D eigenvalue weighted by Gasteiger charge is -2.72. The molecule has 0 aromatic rings. The van der Waals surface area contributed by atoms with Crippen molar-refractivity contribution in [1.82, 2.24) is 0 Å². The number of hydrogen-bond acceptors (Lipinski definition) is 1. The van der Waals surface area contributed by atoms with Crippen LogP contribution in [0.5, 0.6) is 0 Å². The number of aliphatic carboxylic acids is 1. The molecule has 0 aromatic heterocycles. The molecule has 4 saturated carbocycles. The Morgan fingerprint density at radius 1 is 0.939 bits per heavy atom. The fourth-order valence-electron chi connectivity index (χ4n) is 11.3. The van der Waals surface area contributed by atoms with Gasteiger partial charge in [0.1, 0.15) is 0 Å². The minimum absolute atomic E-state index is 0.228. The van der Waals surface area contributed by atoms with Gasteiger partial charge in [-0.3, -0.25) is 4.79 Å². The Hall–Kier alpha value is -1.05. The minimum Gasteiger partial charge on any atom is -0.481 e. The molecule has 2 nitrogen and oxygen atoms in total. The molecule has 0 aliphatic heterocycles. The monoisotopic (exact) mass is 452 g/mol. The molecule has 5 rings (SSSR count). The van der Waals surface area contributed by atoms with Gasteiger partial charge in [-0.2, -0.15) is 0 Å². The van der Waals surface area contributed by atoms with Gasteiger partial charge in [-0.25, -0.2) is 0 Å². The van der Waals surface area contributed by atoms with Crippen LogP contribution in [-0.4, -0.2) is 11.1 Å². The molecule has 0 saturated heterocycles. The maximum atomic E-state index is 12.8. The van der Waals surface area contributed by atoms with E-state index in [-0.39, 0.29) is 16.7 Å². The summed E-state index contributed by atoms with van der Waals surface area (Å²) in [5.74, 6) is 2.15. The van der Waals surface area contributed by atoms with Gasteiger partial charge in [-0.1, -0.05) is 58.4 Å². The highest BCUT2D eigenvalue weighted by molar-refractivity contribution is 5.76. The summed E-state index contributed by atoms with van der Waals surface area (Å²) < 4.78 is 0. The van der Waals surface area contributed by atoms with Crippen molar-refractivity contribution >= 4 is 5.97 Å². The molecular weight excluding hydrogens is 404 g/mol. The van der Waals surface area contributed by atoms with Gasteiger partial charge in [-0.15, -0.1) is 0 Å². The SMILES string of the molecule is C=C(C)[C@@H]1CC[C@]2(C(=O)O)CC[C@]3(C)[C@H](CC[C@@H]4[C@@]5(C)CC=C(C)C(C)(C)[C@@H]5CC[C@]43C)[C@@H]12. The number of fused-ring (bicyclic) bond motifs is 7. The number of carbonyl (C=O) groups is 1. The van der Waals surface area contributed by atoms with E-state index in [1.807, 2.05) is 0 Å².